The van der Waals surface area contributed by atoms with Crippen LogP contribution in [0.4, 0.5) is 0 Å². The first-order chi connectivity index (χ1) is 7.79. The first-order valence-corrected chi connectivity index (χ1v) is 6.64. The highest BCUT2D eigenvalue weighted by atomic mass is 79.9. The van der Waals surface area contributed by atoms with Crippen LogP contribution in [0.2, 0.25) is 0 Å². The van der Waals surface area contributed by atoms with Gasteiger partial charge in [-0.05, 0) is 30.5 Å². The fourth-order valence-electron chi connectivity index (χ4n) is 1.86. The fourth-order valence-corrected chi connectivity index (χ4v) is 2.22. The van der Waals surface area contributed by atoms with Crippen molar-refractivity contribution in [2.45, 2.75) is 39.0 Å². The molecule has 0 spiro atoms. The molecule has 0 aliphatic rings. The minimum Gasteiger partial charge on any atom is -0.431 e. The molecule has 1 heterocycles. The Kier molecular flexibility index (Phi) is 3.99. The molecule has 0 N–H and O–H groups in total. The molecule has 1 aromatic carbocycles. The smallest absolute Gasteiger partial charge is 0.265 e. The van der Waals surface area contributed by atoms with E-state index >= 15 is 0 Å². The monoisotopic (exact) mass is 281 g/mol. The molecule has 86 valence electrons. The summed E-state index contributed by atoms with van der Waals surface area (Å²) < 4.78 is 5.37. The predicted octanol–water partition coefficient (Wildman–Crippen LogP) is 4.71. The summed E-state index contributed by atoms with van der Waals surface area (Å²) in [6, 6.07) is 6.25. The lowest BCUT2D eigenvalue weighted by Crippen LogP contribution is -1.85. The van der Waals surface area contributed by atoms with E-state index in [9.17, 15) is 0 Å². The SMILES string of the molecule is CCCCCCc1ccc2oc(Br)nc2c1. The van der Waals surface area contributed by atoms with Crippen molar-refractivity contribution in [1.82, 2.24) is 4.98 Å². The van der Waals surface area contributed by atoms with Gasteiger partial charge in [0.25, 0.3) is 4.80 Å². The second kappa shape index (κ2) is 5.48. The van der Waals surface area contributed by atoms with E-state index in [1.54, 1.807) is 0 Å². The molecular formula is C13H16BrNO. The van der Waals surface area contributed by atoms with Crippen molar-refractivity contribution < 1.29 is 4.42 Å². The van der Waals surface area contributed by atoms with E-state index in [1.807, 2.05) is 6.07 Å². The van der Waals surface area contributed by atoms with Crippen LogP contribution in [-0.2, 0) is 6.42 Å². The van der Waals surface area contributed by atoms with Crippen LogP contribution < -0.4 is 0 Å². The van der Waals surface area contributed by atoms with Gasteiger partial charge in [0.15, 0.2) is 5.58 Å². The molecule has 1 aromatic heterocycles. The summed E-state index contributed by atoms with van der Waals surface area (Å²) in [6.45, 7) is 2.24. The van der Waals surface area contributed by atoms with Gasteiger partial charge in [-0.25, -0.2) is 4.98 Å². The maximum absolute atomic E-state index is 5.37. The lowest BCUT2D eigenvalue weighted by atomic mass is 10.1. The third-order valence-electron chi connectivity index (χ3n) is 2.74. The molecule has 0 aliphatic heterocycles. The highest BCUT2D eigenvalue weighted by Gasteiger charge is 2.03. The van der Waals surface area contributed by atoms with Gasteiger partial charge in [0.2, 0.25) is 0 Å². The molecule has 0 amide bonds. The molecule has 3 heteroatoms. The maximum Gasteiger partial charge on any atom is 0.265 e. The summed E-state index contributed by atoms with van der Waals surface area (Å²) in [6.07, 6.45) is 6.34. The van der Waals surface area contributed by atoms with Gasteiger partial charge in [0.05, 0.1) is 0 Å². The van der Waals surface area contributed by atoms with Crippen molar-refractivity contribution in [2.75, 3.05) is 0 Å². The third kappa shape index (κ3) is 2.85. The second-order valence-electron chi connectivity index (χ2n) is 4.08. The van der Waals surface area contributed by atoms with Gasteiger partial charge in [0.1, 0.15) is 5.52 Å². The molecule has 2 nitrogen and oxygen atoms in total. The Hall–Kier alpha value is -0.830. The lowest BCUT2D eigenvalue weighted by Gasteiger charge is -2.00. The lowest BCUT2D eigenvalue weighted by molar-refractivity contribution is 0.570. The van der Waals surface area contributed by atoms with Crippen molar-refractivity contribution >= 4 is 27.0 Å². The Morgan fingerprint density at radius 3 is 2.94 bits per heavy atom. The van der Waals surface area contributed by atoms with Crippen LogP contribution in [0.3, 0.4) is 0 Å². The summed E-state index contributed by atoms with van der Waals surface area (Å²) in [4.78, 5) is 4.83. The Morgan fingerprint density at radius 2 is 2.12 bits per heavy atom. The van der Waals surface area contributed by atoms with Gasteiger partial charge in [-0.15, -0.1) is 0 Å². The molecule has 16 heavy (non-hydrogen) atoms. The number of nitrogens with zero attached hydrogens (tertiary/aromatic N) is 1. The Morgan fingerprint density at radius 1 is 1.25 bits per heavy atom. The molecule has 2 aromatic rings. The zero-order chi connectivity index (χ0) is 11.4. The highest BCUT2D eigenvalue weighted by Crippen LogP contribution is 2.21. The van der Waals surface area contributed by atoms with Gasteiger partial charge >= 0.3 is 0 Å². The van der Waals surface area contributed by atoms with Gasteiger partial charge in [0, 0.05) is 15.9 Å². The second-order valence-corrected chi connectivity index (χ2v) is 4.76. The minimum absolute atomic E-state index is 0.561. The van der Waals surface area contributed by atoms with Crippen LogP contribution >= 0.6 is 15.9 Å². The van der Waals surface area contributed by atoms with Crippen molar-refractivity contribution in [1.29, 1.82) is 0 Å². The van der Waals surface area contributed by atoms with E-state index in [2.05, 4.69) is 40.0 Å². The van der Waals surface area contributed by atoms with E-state index in [4.69, 9.17) is 4.42 Å². The number of aromatic nitrogens is 1. The van der Waals surface area contributed by atoms with Crippen LogP contribution in [0.1, 0.15) is 38.2 Å². The number of oxazole rings is 1. The number of fused-ring (bicyclic) bond motifs is 1. The summed E-state index contributed by atoms with van der Waals surface area (Å²) in [5.41, 5.74) is 3.15. The Balaban J connectivity index is 2.02. The molecule has 0 aliphatic carbocycles. The number of aryl methyl sites for hydroxylation is 1. The summed E-state index contributed by atoms with van der Waals surface area (Å²) >= 11 is 3.24. The van der Waals surface area contributed by atoms with E-state index in [0.717, 1.165) is 17.5 Å². The van der Waals surface area contributed by atoms with Crippen LogP contribution in [0.5, 0.6) is 0 Å². The number of hydrogen-bond donors (Lipinski definition) is 0. The third-order valence-corrected chi connectivity index (χ3v) is 3.08. The first-order valence-electron chi connectivity index (χ1n) is 5.84. The topological polar surface area (TPSA) is 26.0 Å². The zero-order valence-electron chi connectivity index (χ0n) is 9.50. The van der Waals surface area contributed by atoms with Gasteiger partial charge in [-0.3, -0.25) is 0 Å². The van der Waals surface area contributed by atoms with Crippen LogP contribution in [0.15, 0.2) is 27.4 Å². The number of rotatable bonds is 5. The largest absolute Gasteiger partial charge is 0.431 e. The van der Waals surface area contributed by atoms with Crippen molar-refractivity contribution in [2.24, 2.45) is 0 Å². The minimum atomic E-state index is 0.561. The van der Waals surface area contributed by atoms with Crippen LogP contribution in [0.25, 0.3) is 11.1 Å². The summed E-state index contributed by atoms with van der Waals surface area (Å²) in [7, 11) is 0. The summed E-state index contributed by atoms with van der Waals surface area (Å²) in [5.74, 6) is 0. The molecule has 2 rings (SSSR count). The zero-order valence-corrected chi connectivity index (χ0v) is 11.1. The number of unbranched alkanes of at least 4 members (excludes halogenated alkanes) is 3. The molecule has 0 atom stereocenters. The van der Waals surface area contributed by atoms with Crippen LogP contribution in [0, 0.1) is 0 Å². The highest BCUT2D eigenvalue weighted by molar-refractivity contribution is 9.10. The van der Waals surface area contributed by atoms with E-state index < -0.39 is 0 Å². The molecule has 0 unspecified atom stereocenters. The number of halogens is 1. The molecule has 0 bridgehead atoms. The Labute approximate surface area is 104 Å². The normalized spacial score (nSPS) is 11.1. The van der Waals surface area contributed by atoms with Crippen molar-refractivity contribution in [3.63, 3.8) is 0 Å². The van der Waals surface area contributed by atoms with Crippen molar-refractivity contribution in [3.8, 4) is 0 Å². The number of hydrogen-bond acceptors (Lipinski definition) is 2. The number of benzene rings is 1. The molecule has 0 fully saturated rings. The van der Waals surface area contributed by atoms with Gasteiger partial charge < -0.3 is 4.42 Å². The van der Waals surface area contributed by atoms with E-state index in [1.165, 1.54) is 31.2 Å². The Bertz CT molecular complexity index is 464. The molecular weight excluding hydrogens is 266 g/mol. The molecule has 0 radical (unpaired) electrons. The maximum atomic E-state index is 5.37. The average Bonchev–Trinajstić information content (AvgIpc) is 2.64. The first kappa shape index (κ1) is 11.6. The predicted molar refractivity (Wildman–Crippen MR) is 69.6 cm³/mol. The summed E-state index contributed by atoms with van der Waals surface area (Å²) in [5, 5.41) is 0. The fraction of sp³-hybridized carbons (Fsp3) is 0.462. The average molecular weight is 282 g/mol. The van der Waals surface area contributed by atoms with Gasteiger partial charge in [-0.1, -0.05) is 32.3 Å². The standard InChI is InChI=1S/C13H16BrNO/c1-2-3-4-5-6-10-7-8-12-11(9-10)15-13(14)16-12/h7-9H,2-6H2,1H3. The van der Waals surface area contributed by atoms with Gasteiger partial charge in [-0.2, -0.15) is 0 Å². The quantitative estimate of drug-likeness (QED) is 0.742. The van der Waals surface area contributed by atoms with E-state index in [0.29, 0.717) is 4.80 Å². The molecule has 0 saturated heterocycles. The van der Waals surface area contributed by atoms with Crippen molar-refractivity contribution in [3.05, 3.63) is 28.6 Å². The van der Waals surface area contributed by atoms with E-state index in [-0.39, 0.29) is 0 Å². The molecule has 0 saturated carbocycles. The van der Waals surface area contributed by atoms with Crippen LogP contribution in [-0.4, -0.2) is 4.98 Å².